The third kappa shape index (κ3) is 8.04. The molecule has 1 atom stereocenters. The Morgan fingerprint density at radius 2 is 1.70 bits per heavy atom. The Balaban J connectivity index is 1.81. The van der Waals surface area contributed by atoms with Crippen LogP contribution in [-0.2, 0) is 26.0 Å². The molecule has 196 valence electrons. The van der Waals surface area contributed by atoms with E-state index in [4.69, 9.17) is 21.1 Å². The van der Waals surface area contributed by atoms with E-state index >= 15 is 0 Å². The summed E-state index contributed by atoms with van der Waals surface area (Å²) in [5, 5.41) is 2.93. The van der Waals surface area contributed by atoms with Gasteiger partial charge < -0.3 is 14.8 Å². The first kappa shape index (κ1) is 28.2. The predicted molar refractivity (Wildman–Crippen MR) is 143 cm³/mol. The maximum absolute atomic E-state index is 13.3. The number of hydrogen-bond donors (Lipinski definition) is 2. The topological polar surface area (TPSA) is 111 Å². The fraction of sp³-hybridized carbons (Fsp3) is 0.259. The van der Waals surface area contributed by atoms with Gasteiger partial charge in [0.15, 0.2) is 0 Å². The normalized spacial score (nSPS) is 12.0. The molecule has 3 rings (SSSR count). The molecule has 10 heteroatoms. The number of benzene rings is 3. The molecule has 3 aromatic carbocycles. The van der Waals surface area contributed by atoms with E-state index in [1.54, 1.807) is 36.4 Å². The van der Waals surface area contributed by atoms with E-state index in [0.29, 0.717) is 17.9 Å². The molecule has 0 aliphatic heterocycles. The smallest absolute Gasteiger partial charge is 0.338 e. The number of sulfonamides is 1. The van der Waals surface area contributed by atoms with Crippen molar-refractivity contribution in [1.82, 2.24) is 4.72 Å². The molecule has 3 aromatic rings. The standard InChI is InChI=1S/C27H29ClN2O6S/c1-3-4-16-36-27(32)20-10-13-22(14-11-20)29-26(31)23(17-19-8-6-5-7-9-19)30-37(33,34)25-18-21(28)12-15-24(25)35-2/h5-15,18,23,30H,3-4,16-17H2,1-2H3,(H,29,31). The van der Waals surface area contributed by atoms with E-state index in [-0.39, 0.29) is 22.1 Å². The summed E-state index contributed by atoms with van der Waals surface area (Å²) in [6, 6.07) is 18.3. The minimum absolute atomic E-state index is 0.0939. The van der Waals surface area contributed by atoms with Crippen molar-refractivity contribution in [3.05, 3.63) is 88.9 Å². The highest BCUT2D eigenvalue weighted by molar-refractivity contribution is 7.89. The number of carbonyl (C=O) groups is 2. The summed E-state index contributed by atoms with van der Waals surface area (Å²) in [5.41, 5.74) is 1.50. The highest BCUT2D eigenvalue weighted by atomic mass is 35.5. The number of nitrogens with one attached hydrogen (secondary N) is 2. The number of halogens is 1. The van der Waals surface area contributed by atoms with Crippen LogP contribution in [0.4, 0.5) is 5.69 Å². The number of amides is 1. The Morgan fingerprint density at radius 3 is 2.35 bits per heavy atom. The molecule has 0 aromatic heterocycles. The lowest BCUT2D eigenvalue weighted by Crippen LogP contribution is -2.45. The van der Waals surface area contributed by atoms with Gasteiger partial charge in [0.2, 0.25) is 15.9 Å². The first-order valence-corrected chi connectivity index (χ1v) is 13.6. The monoisotopic (exact) mass is 544 g/mol. The molecule has 0 aliphatic rings. The number of anilines is 1. The second kappa shape index (κ2) is 13.2. The zero-order valence-electron chi connectivity index (χ0n) is 20.6. The number of rotatable bonds is 12. The molecule has 1 amide bonds. The average Bonchev–Trinajstić information content (AvgIpc) is 2.89. The number of unbranched alkanes of at least 4 members (excludes halogenated alkanes) is 1. The van der Waals surface area contributed by atoms with Crippen molar-refractivity contribution < 1.29 is 27.5 Å². The maximum Gasteiger partial charge on any atom is 0.338 e. The fourth-order valence-corrected chi connectivity index (χ4v) is 5.09. The minimum atomic E-state index is -4.19. The Kier molecular flexibility index (Phi) is 10.1. The molecule has 0 spiro atoms. The number of esters is 1. The second-order valence-corrected chi connectivity index (χ2v) is 10.3. The maximum atomic E-state index is 13.3. The van der Waals surface area contributed by atoms with Crippen LogP contribution in [0.15, 0.2) is 77.7 Å². The third-order valence-electron chi connectivity index (χ3n) is 5.43. The molecular formula is C27H29ClN2O6S. The first-order chi connectivity index (χ1) is 17.7. The summed E-state index contributed by atoms with van der Waals surface area (Å²) in [6.45, 7) is 2.34. The van der Waals surface area contributed by atoms with Crippen molar-refractivity contribution in [1.29, 1.82) is 0 Å². The van der Waals surface area contributed by atoms with E-state index in [1.807, 2.05) is 13.0 Å². The molecule has 0 bridgehead atoms. The SMILES string of the molecule is CCCCOC(=O)c1ccc(NC(=O)C(Cc2ccccc2)NS(=O)(=O)c2cc(Cl)ccc2OC)cc1. The van der Waals surface area contributed by atoms with Gasteiger partial charge in [-0.3, -0.25) is 4.79 Å². The highest BCUT2D eigenvalue weighted by Crippen LogP contribution is 2.27. The van der Waals surface area contributed by atoms with Crippen molar-refractivity contribution >= 4 is 39.2 Å². The summed E-state index contributed by atoms with van der Waals surface area (Å²) in [4.78, 5) is 25.2. The van der Waals surface area contributed by atoms with Crippen LogP contribution in [0.3, 0.4) is 0 Å². The first-order valence-electron chi connectivity index (χ1n) is 11.7. The Bertz CT molecular complexity index is 1310. The molecule has 1 unspecified atom stereocenters. The van der Waals surface area contributed by atoms with Crippen LogP contribution < -0.4 is 14.8 Å². The van der Waals surface area contributed by atoms with Crippen LogP contribution in [-0.4, -0.2) is 40.1 Å². The van der Waals surface area contributed by atoms with Gasteiger partial charge in [-0.2, -0.15) is 4.72 Å². The van der Waals surface area contributed by atoms with E-state index in [9.17, 15) is 18.0 Å². The van der Waals surface area contributed by atoms with E-state index in [0.717, 1.165) is 18.4 Å². The number of carbonyl (C=O) groups excluding carboxylic acids is 2. The molecule has 2 N–H and O–H groups in total. The van der Waals surface area contributed by atoms with Crippen molar-refractivity contribution in [2.24, 2.45) is 0 Å². The predicted octanol–water partition coefficient (Wildman–Crippen LogP) is 4.83. The lowest BCUT2D eigenvalue weighted by molar-refractivity contribution is -0.117. The van der Waals surface area contributed by atoms with Crippen molar-refractivity contribution in [3.63, 3.8) is 0 Å². The summed E-state index contributed by atoms with van der Waals surface area (Å²) in [6.07, 6.45) is 1.78. The molecule has 0 aliphatic carbocycles. The van der Waals surface area contributed by atoms with Gasteiger partial charge in [-0.05, 0) is 60.9 Å². The second-order valence-electron chi connectivity index (χ2n) is 8.21. The molecule has 37 heavy (non-hydrogen) atoms. The van der Waals surface area contributed by atoms with Crippen LogP contribution >= 0.6 is 11.6 Å². The number of methoxy groups -OCH3 is 1. The van der Waals surface area contributed by atoms with E-state index in [2.05, 4.69) is 10.0 Å². The average molecular weight is 545 g/mol. The summed E-state index contributed by atoms with van der Waals surface area (Å²) < 4.78 is 39.4. The number of ether oxygens (including phenoxy) is 2. The quantitative estimate of drug-likeness (QED) is 0.249. The Hall–Kier alpha value is -3.40. The van der Waals surface area contributed by atoms with Crippen LogP contribution in [0, 0.1) is 0 Å². The molecule has 8 nitrogen and oxygen atoms in total. The van der Waals surface area contributed by atoms with Crippen molar-refractivity contribution in [2.45, 2.75) is 37.1 Å². The van der Waals surface area contributed by atoms with E-state index in [1.165, 1.54) is 37.4 Å². The Morgan fingerprint density at radius 1 is 1.00 bits per heavy atom. The minimum Gasteiger partial charge on any atom is -0.495 e. The van der Waals surface area contributed by atoms with Gasteiger partial charge in [-0.1, -0.05) is 55.3 Å². The molecule has 0 heterocycles. The van der Waals surface area contributed by atoms with Crippen LogP contribution in [0.1, 0.15) is 35.7 Å². The largest absolute Gasteiger partial charge is 0.495 e. The molecule has 0 radical (unpaired) electrons. The van der Waals surface area contributed by atoms with Crippen molar-refractivity contribution in [2.75, 3.05) is 19.0 Å². The van der Waals surface area contributed by atoms with Crippen LogP contribution in [0.25, 0.3) is 0 Å². The molecular weight excluding hydrogens is 516 g/mol. The van der Waals surface area contributed by atoms with Gasteiger partial charge in [-0.15, -0.1) is 0 Å². The molecule has 0 saturated carbocycles. The lowest BCUT2D eigenvalue weighted by Gasteiger charge is -2.20. The van der Waals surface area contributed by atoms with Gasteiger partial charge in [0.1, 0.15) is 16.7 Å². The summed E-state index contributed by atoms with van der Waals surface area (Å²) in [5.74, 6) is -0.930. The highest BCUT2D eigenvalue weighted by Gasteiger charge is 2.28. The number of hydrogen-bond acceptors (Lipinski definition) is 6. The van der Waals surface area contributed by atoms with Gasteiger partial charge in [0.05, 0.1) is 19.3 Å². The summed E-state index contributed by atoms with van der Waals surface area (Å²) >= 11 is 6.03. The van der Waals surface area contributed by atoms with Gasteiger partial charge in [-0.25, -0.2) is 13.2 Å². The van der Waals surface area contributed by atoms with Gasteiger partial charge in [0, 0.05) is 10.7 Å². The zero-order valence-corrected chi connectivity index (χ0v) is 22.1. The van der Waals surface area contributed by atoms with E-state index < -0.39 is 27.9 Å². The molecule has 0 fully saturated rings. The van der Waals surface area contributed by atoms with Crippen LogP contribution in [0.5, 0.6) is 5.75 Å². The molecule has 0 saturated heterocycles. The fourth-order valence-electron chi connectivity index (χ4n) is 3.46. The van der Waals surface area contributed by atoms with Gasteiger partial charge in [0.25, 0.3) is 0 Å². The lowest BCUT2D eigenvalue weighted by atomic mass is 10.1. The van der Waals surface area contributed by atoms with Crippen molar-refractivity contribution in [3.8, 4) is 5.75 Å². The van der Waals surface area contributed by atoms with Crippen LogP contribution in [0.2, 0.25) is 5.02 Å². The third-order valence-corrected chi connectivity index (χ3v) is 7.16. The zero-order chi connectivity index (χ0) is 26.8. The summed E-state index contributed by atoms with van der Waals surface area (Å²) in [7, 11) is -2.85. The van der Waals surface area contributed by atoms with Gasteiger partial charge >= 0.3 is 5.97 Å². The Labute approximate surface area is 222 Å².